The average molecular weight is 468 g/mol. The van der Waals surface area contributed by atoms with Crippen LogP contribution in [0.15, 0.2) is 48.5 Å². The molecule has 0 saturated heterocycles. The van der Waals surface area contributed by atoms with Crippen LogP contribution >= 0.6 is 0 Å². The molecular weight excluding hydrogens is 438 g/mol. The summed E-state index contributed by atoms with van der Waals surface area (Å²) < 4.78 is 0. The maximum absolute atomic E-state index is 12.9. The number of hydroxylamine groups is 1. The first kappa shape index (κ1) is 26.5. The molecular formula is C25H29N3O6. The van der Waals surface area contributed by atoms with E-state index in [-0.39, 0.29) is 5.56 Å². The monoisotopic (exact) mass is 467 g/mol. The first-order valence-electron chi connectivity index (χ1n) is 10.4. The number of nitrogens with one attached hydrogen (secondary N) is 2. The van der Waals surface area contributed by atoms with E-state index in [1.807, 2.05) is 0 Å². The van der Waals surface area contributed by atoms with Crippen molar-refractivity contribution in [2.45, 2.75) is 38.0 Å². The molecule has 0 aliphatic carbocycles. The van der Waals surface area contributed by atoms with Gasteiger partial charge in [-0.1, -0.05) is 24.0 Å². The third kappa shape index (κ3) is 5.61. The normalized spacial score (nSPS) is 13.5. The van der Waals surface area contributed by atoms with Crippen molar-refractivity contribution in [3.8, 4) is 11.8 Å². The Balaban J connectivity index is 2.20. The number of hydrogen-bond donors (Lipinski definition) is 5. The zero-order valence-electron chi connectivity index (χ0n) is 19.7. The fraction of sp³-hybridized carbons (Fsp3) is 0.320. The van der Waals surface area contributed by atoms with Crippen molar-refractivity contribution in [2.75, 3.05) is 14.1 Å². The third-order valence-electron chi connectivity index (χ3n) is 5.57. The van der Waals surface area contributed by atoms with Crippen LogP contribution < -0.4 is 10.8 Å². The Labute approximate surface area is 198 Å². The van der Waals surface area contributed by atoms with Crippen LogP contribution in [0.1, 0.15) is 53.9 Å². The molecule has 0 heterocycles. The lowest BCUT2D eigenvalue weighted by Crippen LogP contribution is -2.64. The van der Waals surface area contributed by atoms with Gasteiger partial charge in [0.1, 0.15) is 6.10 Å². The Hall–Kier alpha value is -3.71. The molecule has 9 heteroatoms. The Morgan fingerprint density at radius 2 is 1.38 bits per heavy atom. The minimum Gasteiger partial charge on any atom is -0.387 e. The minimum absolute atomic E-state index is 0.221. The molecule has 0 aliphatic rings. The number of likely N-dealkylation sites (N-methyl/N-ethyl adjacent to an activating group) is 2. The summed E-state index contributed by atoms with van der Waals surface area (Å²) in [4.78, 5) is 38.2. The van der Waals surface area contributed by atoms with Gasteiger partial charge in [-0.05, 0) is 62.7 Å². The third-order valence-corrected chi connectivity index (χ3v) is 5.57. The number of aliphatic hydroxyl groups excluding tert-OH is 1. The summed E-state index contributed by atoms with van der Waals surface area (Å²) >= 11 is 0. The number of hydrogen-bond acceptors (Lipinski definition) is 6. The van der Waals surface area contributed by atoms with E-state index in [0.717, 1.165) is 4.90 Å². The van der Waals surface area contributed by atoms with Crippen LogP contribution in [0.25, 0.3) is 0 Å². The van der Waals surface area contributed by atoms with Gasteiger partial charge in [0, 0.05) is 30.8 Å². The second kappa shape index (κ2) is 10.5. The summed E-state index contributed by atoms with van der Waals surface area (Å²) in [7, 11) is 2.61. The molecule has 1 unspecified atom stereocenters. The van der Waals surface area contributed by atoms with Gasteiger partial charge in [0.15, 0.2) is 5.54 Å². The quantitative estimate of drug-likeness (QED) is 0.186. The molecule has 0 aromatic heterocycles. The highest BCUT2D eigenvalue weighted by Gasteiger charge is 2.47. The zero-order chi connectivity index (χ0) is 25.7. The molecule has 2 atom stereocenters. The molecule has 2 aromatic rings. The van der Waals surface area contributed by atoms with Gasteiger partial charge in [-0.3, -0.25) is 19.6 Å². The van der Waals surface area contributed by atoms with Gasteiger partial charge < -0.3 is 20.4 Å². The van der Waals surface area contributed by atoms with Gasteiger partial charge >= 0.3 is 0 Å². The van der Waals surface area contributed by atoms with Crippen molar-refractivity contribution < 1.29 is 29.8 Å². The summed E-state index contributed by atoms with van der Waals surface area (Å²) in [5.41, 5.74) is 0.314. The molecule has 0 bridgehead atoms. The van der Waals surface area contributed by atoms with Crippen LogP contribution in [0.5, 0.6) is 0 Å². The average Bonchev–Trinajstić information content (AvgIpc) is 2.84. The highest BCUT2D eigenvalue weighted by molar-refractivity contribution is 6.12. The SMILES string of the molecule is CNC(=O)[C@@](C)(C(=O)NO)N(C)C(=O)c1ccc(C#Cc2ccc(C(O)C(C)(C)O)cc2)cc1. The van der Waals surface area contributed by atoms with Crippen LogP contribution in [0.4, 0.5) is 0 Å². The van der Waals surface area contributed by atoms with Gasteiger partial charge in [-0.25, -0.2) is 5.48 Å². The van der Waals surface area contributed by atoms with Crippen molar-refractivity contribution in [3.05, 3.63) is 70.8 Å². The molecule has 0 radical (unpaired) electrons. The lowest BCUT2D eigenvalue weighted by atomic mass is 9.94. The minimum atomic E-state index is -1.97. The number of carbonyl (C=O) groups excluding carboxylic acids is 3. The second-order valence-corrected chi connectivity index (χ2v) is 8.46. The largest absolute Gasteiger partial charge is 0.387 e. The molecule has 5 N–H and O–H groups in total. The summed E-state index contributed by atoms with van der Waals surface area (Å²) in [6, 6.07) is 13.1. The summed E-state index contributed by atoms with van der Waals surface area (Å²) in [6.45, 7) is 4.27. The van der Waals surface area contributed by atoms with E-state index < -0.39 is 35.0 Å². The van der Waals surface area contributed by atoms with E-state index in [1.165, 1.54) is 52.5 Å². The molecule has 0 fully saturated rings. The van der Waals surface area contributed by atoms with Crippen LogP contribution in [-0.2, 0) is 9.59 Å². The molecule has 180 valence electrons. The first-order valence-corrected chi connectivity index (χ1v) is 10.4. The molecule has 9 nitrogen and oxygen atoms in total. The van der Waals surface area contributed by atoms with Gasteiger partial charge in [0.25, 0.3) is 17.7 Å². The lowest BCUT2D eigenvalue weighted by Gasteiger charge is -2.34. The second-order valence-electron chi connectivity index (χ2n) is 8.46. The topological polar surface area (TPSA) is 139 Å². The van der Waals surface area contributed by atoms with Gasteiger partial charge in [-0.15, -0.1) is 0 Å². The van der Waals surface area contributed by atoms with Gasteiger partial charge in [-0.2, -0.15) is 0 Å². The van der Waals surface area contributed by atoms with E-state index in [9.17, 15) is 24.6 Å². The summed E-state index contributed by atoms with van der Waals surface area (Å²) in [5, 5.41) is 31.4. The Morgan fingerprint density at radius 1 is 0.912 bits per heavy atom. The first-order chi connectivity index (χ1) is 15.9. The molecule has 0 saturated carbocycles. The Bertz CT molecular complexity index is 1090. The van der Waals surface area contributed by atoms with Crippen LogP contribution in [0, 0.1) is 11.8 Å². The summed E-state index contributed by atoms with van der Waals surface area (Å²) in [6.07, 6.45) is -1.02. The van der Waals surface area contributed by atoms with E-state index >= 15 is 0 Å². The molecule has 0 spiro atoms. The number of nitrogens with zero attached hydrogens (tertiary/aromatic N) is 1. The van der Waals surface area contributed by atoms with E-state index in [0.29, 0.717) is 16.7 Å². The molecule has 2 rings (SSSR count). The van der Waals surface area contributed by atoms with Crippen LogP contribution in [0.2, 0.25) is 0 Å². The zero-order valence-corrected chi connectivity index (χ0v) is 19.7. The Morgan fingerprint density at radius 3 is 1.79 bits per heavy atom. The van der Waals surface area contributed by atoms with Crippen molar-refractivity contribution >= 4 is 17.7 Å². The van der Waals surface area contributed by atoms with Gasteiger partial charge in [0.2, 0.25) is 0 Å². The number of benzene rings is 2. The van der Waals surface area contributed by atoms with Gasteiger partial charge in [0.05, 0.1) is 5.60 Å². The fourth-order valence-corrected chi connectivity index (χ4v) is 3.15. The predicted molar refractivity (Wildman–Crippen MR) is 125 cm³/mol. The smallest absolute Gasteiger partial charge is 0.278 e. The number of amides is 3. The van der Waals surface area contributed by atoms with Crippen molar-refractivity contribution in [1.82, 2.24) is 15.7 Å². The van der Waals surface area contributed by atoms with E-state index in [1.54, 1.807) is 36.4 Å². The van der Waals surface area contributed by atoms with Crippen molar-refractivity contribution in [1.29, 1.82) is 0 Å². The van der Waals surface area contributed by atoms with Crippen molar-refractivity contribution in [3.63, 3.8) is 0 Å². The maximum Gasteiger partial charge on any atom is 0.278 e. The maximum atomic E-state index is 12.9. The van der Waals surface area contributed by atoms with Crippen LogP contribution in [-0.4, -0.2) is 63.3 Å². The predicted octanol–water partition coefficient (Wildman–Crippen LogP) is 0.973. The molecule has 34 heavy (non-hydrogen) atoms. The molecule has 2 aromatic carbocycles. The number of aliphatic hydroxyl groups is 2. The number of rotatable bonds is 6. The van der Waals surface area contributed by atoms with E-state index in [2.05, 4.69) is 17.2 Å². The standard InChI is InChI=1S/C25H29N3O6/c1-24(2,33)20(29)18-12-8-16(9-13-18)6-7-17-10-14-19(15-11-17)21(30)28(5)25(3,22(31)26-4)23(32)27-34/h8-15,20,29,33-34H,1-5H3,(H,26,31)(H,27,32)/t20?,25-/m0/s1. The molecule has 0 aliphatic heterocycles. The molecule has 3 amide bonds. The highest BCUT2D eigenvalue weighted by atomic mass is 16.5. The summed E-state index contributed by atoms with van der Waals surface area (Å²) in [5.74, 6) is 3.54. The van der Waals surface area contributed by atoms with Crippen LogP contribution in [0.3, 0.4) is 0 Å². The van der Waals surface area contributed by atoms with Crippen molar-refractivity contribution in [2.24, 2.45) is 0 Å². The van der Waals surface area contributed by atoms with E-state index in [4.69, 9.17) is 5.21 Å². The fourth-order valence-electron chi connectivity index (χ4n) is 3.15. The number of carbonyl (C=O) groups is 3. The lowest BCUT2D eigenvalue weighted by molar-refractivity contribution is -0.148. The Kier molecular flexibility index (Phi) is 8.18. The highest BCUT2D eigenvalue weighted by Crippen LogP contribution is 2.25.